The van der Waals surface area contributed by atoms with Crippen LogP contribution in [0.5, 0.6) is 0 Å². The summed E-state index contributed by atoms with van der Waals surface area (Å²) >= 11 is 0. The van der Waals surface area contributed by atoms with Crippen LogP contribution in [0, 0.1) is 10.1 Å². The number of aromatic nitrogens is 1. The largest absolute Gasteiger partial charge is 0.289 e. The SMILES string of the molecule is O=[N+]([O-])c1ccccc1S(=O)(=O)n1c2c(c3ccccc31)CCCC2. The van der Waals surface area contributed by atoms with Gasteiger partial charge in [0, 0.05) is 17.1 Å². The van der Waals surface area contributed by atoms with Crippen molar-refractivity contribution in [2.75, 3.05) is 0 Å². The van der Waals surface area contributed by atoms with Gasteiger partial charge in [-0.25, -0.2) is 12.4 Å². The van der Waals surface area contributed by atoms with Gasteiger partial charge in [0.1, 0.15) is 0 Å². The van der Waals surface area contributed by atoms with Crippen LogP contribution in [0.2, 0.25) is 0 Å². The second kappa shape index (κ2) is 5.70. The van der Waals surface area contributed by atoms with Gasteiger partial charge in [-0.1, -0.05) is 30.3 Å². The molecule has 0 saturated heterocycles. The van der Waals surface area contributed by atoms with Gasteiger partial charge in [-0.2, -0.15) is 0 Å². The number of rotatable bonds is 3. The van der Waals surface area contributed by atoms with Crippen LogP contribution in [0.3, 0.4) is 0 Å². The standard InChI is InChI=1S/C18H16N2O4S/c21-20(22)17-11-5-6-12-18(17)25(23,24)19-15-9-3-1-7-13(15)14-8-2-4-10-16(14)19/h1,3,5-7,9,11-12H,2,4,8,10H2. The Bertz CT molecular complexity index is 1100. The van der Waals surface area contributed by atoms with Gasteiger partial charge in [-0.3, -0.25) is 10.1 Å². The molecule has 0 saturated carbocycles. The van der Waals surface area contributed by atoms with Gasteiger partial charge in [-0.05, 0) is 43.4 Å². The van der Waals surface area contributed by atoms with Crippen LogP contribution < -0.4 is 0 Å². The molecule has 6 nitrogen and oxygen atoms in total. The molecule has 0 radical (unpaired) electrons. The van der Waals surface area contributed by atoms with Gasteiger partial charge in [0.2, 0.25) is 0 Å². The first-order chi connectivity index (χ1) is 12.0. The third-order valence-electron chi connectivity index (χ3n) is 4.71. The summed E-state index contributed by atoms with van der Waals surface area (Å²) in [7, 11) is -4.06. The van der Waals surface area contributed by atoms with E-state index >= 15 is 0 Å². The minimum Gasteiger partial charge on any atom is -0.258 e. The Morgan fingerprint density at radius 1 is 0.960 bits per heavy atom. The van der Waals surface area contributed by atoms with Crippen molar-refractivity contribution in [1.29, 1.82) is 0 Å². The van der Waals surface area contributed by atoms with E-state index in [1.54, 1.807) is 12.1 Å². The van der Waals surface area contributed by atoms with E-state index in [0.717, 1.165) is 35.9 Å². The number of hydrogen-bond acceptors (Lipinski definition) is 4. The molecule has 0 N–H and O–H groups in total. The molecule has 25 heavy (non-hydrogen) atoms. The predicted molar refractivity (Wildman–Crippen MR) is 94.3 cm³/mol. The maximum absolute atomic E-state index is 13.4. The van der Waals surface area contributed by atoms with Crippen molar-refractivity contribution < 1.29 is 13.3 Å². The lowest BCUT2D eigenvalue weighted by Crippen LogP contribution is -2.18. The van der Waals surface area contributed by atoms with Gasteiger partial charge in [0.15, 0.2) is 4.90 Å². The summed E-state index contributed by atoms with van der Waals surface area (Å²) in [5.41, 5.74) is 1.99. The molecule has 0 unspecified atom stereocenters. The number of benzene rings is 2. The fraction of sp³-hybridized carbons (Fsp3) is 0.222. The Kier molecular flexibility index (Phi) is 3.61. The second-order valence-corrected chi connectivity index (χ2v) is 7.90. The molecule has 3 aromatic rings. The van der Waals surface area contributed by atoms with Gasteiger partial charge >= 0.3 is 0 Å². The van der Waals surface area contributed by atoms with E-state index in [4.69, 9.17) is 0 Å². The minimum absolute atomic E-state index is 0.269. The van der Waals surface area contributed by atoms with Gasteiger partial charge in [0.05, 0.1) is 10.4 Å². The normalized spacial score (nSPS) is 14.4. The number of para-hydroxylation sites is 2. The van der Waals surface area contributed by atoms with Crippen molar-refractivity contribution >= 4 is 26.6 Å². The summed E-state index contributed by atoms with van der Waals surface area (Å²) in [5.74, 6) is 0. The quantitative estimate of drug-likeness (QED) is 0.530. The summed E-state index contributed by atoms with van der Waals surface area (Å²) in [5, 5.41) is 12.2. The minimum atomic E-state index is -4.06. The molecule has 0 atom stereocenters. The van der Waals surface area contributed by atoms with Crippen molar-refractivity contribution in [2.45, 2.75) is 30.6 Å². The number of nitro groups is 1. The molecule has 7 heteroatoms. The molecule has 0 fully saturated rings. The summed E-state index contributed by atoms with van der Waals surface area (Å²) < 4.78 is 28.0. The first-order valence-electron chi connectivity index (χ1n) is 8.12. The van der Waals surface area contributed by atoms with Crippen LogP contribution in [0.25, 0.3) is 10.9 Å². The summed E-state index contributed by atoms with van der Waals surface area (Å²) in [4.78, 5) is 10.4. The average molecular weight is 356 g/mol. The van der Waals surface area contributed by atoms with E-state index in [1.165, 1.54) is 28.2 Å². The van der Waals surface area contributed by atoms with Crippen LogP contribution in [-0.4, -0.2) is 17.3 Å². The van der Waals surface area contributed by atoms with E-state index in [1.807, 2.05) is 12.1 Å². The number of aryl methyl sites for hydroxylation is 1. The third-order valence-corrected chi connectivity index (χ3v) is 6.51. The first-order valence-corrected chi connectivity index (χ1v) is 9.56. The van der Waals surface area contributed by atoms with Crippen LogP contribution in [0.4, 0.5) is 5.69 Å². The average Bonchev–Trinajstić information content (AvgIpc) is 2.97. The van der Waals surface area contributed by atoms with Crippen LogP contribution >= 0.6 is 0 Å². The van der Waals surface area contributed by atoms with Crippen molar-refractivity contribution in [3.63, 3.8) is 0 Å². The number of hydrogen-bond donors (Lipinski definition) is 0. The van der Waals surface area contributed by atoms with E-state index in [2.05, 4.69) is 0 Å². The number of nitrogens with zero attached hydrogens (tertiary/aromatic N) is 2. The van der Waals surface area contributed by atoms with Crippen molar-refractivity contribution in [3.05, 3.63) is 69.9 Å². The highest BCUT2D eigenvalue weighted by molar-refractivity contribution is 7.90. The zero-order valence-corrected chi connectivity index (χ0v) is 14.2. The lowest BCUT2D eigenvalue weighted by Gasteiger charge is -2.16. The lowest BCUT2D eigenvalue weighted by atomic mass is 9.96. The third kappa shape index (κ3) is 2.34. The molecule has 1 aliphatic rings. The molecule has 2 aromatic carbocycles. The summed E-state index contributed by atoms with van der Waals surface area (Å²) in [6, 6.07) is 12.9. The molecule has 0 spiro atoms. The zero-order chi connectivity index (χ0) is 17.6. The first kappa shape index (κ1) is 15.8. The van der Waals surface area contributed by atoms with Gasteiger partial charge in [0.25, 0.3) is 15.7 Å². The van der Waals surface area contributed by atoms with Crippen LogP contribution in [0.1, 0.15) is 24.1 Å². The highest BCUT2D eigenvalue weighted by atomic mass is 32.2. The van der Waals surface area contributed by atoms with Crippen molar-refractivity contribution in [3.8, 4) is 0 Å². The smallest absolute Gasteiger partial charge is 0.258 e. The van der Waals surface area contributed by atoms with E-state index < -0.39 is 20.6 Å². The Hall–Kier alpha value is -2.67. The molecule has 1 aliphatic carbocycles. The topological polar surface area (TPSA) is 82.2 Å². The predicted octanol–water partition coefficient (Wildman–Crippen LogP) is 3.67. The lowest BCUT2D eigenvalue weighted by molar-refractivity contribution is -0.387. The Balaban J connectivity index is 2.07. The van der Waals surface area contributed by atoms with E-state index in [0.29, 0.717) is 11.9 Å². The maximum atomic E-state index is 13.4. The Morgan fingerprint density at radius 3 is 2.44 bits per heavy atom. The fourth-order valence-corrected chi connectivity index (χ4v) is 5.42. The summed E-state index contributed by atoms with van der Waals surface area (Å²) in [6.45, 7) is 0. The maximum Gasteiger partial charge on any atom is 0.289 e. The molecule has 1 heterocycles. The number of fused-ring (bicyclic) bond motifs is 3. The van der Waals surface area contributed by atoms with Crippen molar-refractivity contribution in [1.82, 2.24) is 3.97 Å². The molecule has 4 rings (SSSR count). The molecular weight excluding hydrogens is 340 g/mol. The highest BCUT2D eigenvalue weighted by Crippen LogP contribution is 2.36. The Morgan fingerprint density at radius 2 is 1.64 bits per heavy atom. The molecule has 0 bridgehead atoms. The van der Waals surface area contributed by atoms with E-state index in [-0.39, 0.29) is 4.90 Å². The second-order valence-electron chi connectivity index (χ2n) is 6.14. The van der Waals surface area contributed by atoms with Gasteiger partial charge < -0.3 is 0 Å². The molecule has 1 aromatic heterocycles. The van der Waals surface area contributed by atoms with Crippen molar-refractivity contribution in [2.24, 2.45) is 0 Å². The monoisotopic (exact) mass is 356 g/mol. The number of nitro benzene ring substituents is 1. The van der Waals surface area contributed by atoms with Crippen LogP contribution in [0.15, 0.2) is 53.4 Å². The van der Waals surface area contributed by atoms with Gasteiger partial charge in [-0.15, -0.1) is 0 Å². The molecular formula is C18H16N2O4S. The van der Waals surface area contributed by atoms with E-state index in [9.17, 15) is 18.5 Å². The summed E-state index contributed by atoms with van der Waals surface area (Å²) in [6.07, 6.45) is 3.42. The molecule has 0 aliphatic heterocycles. The fourth-order valence-electron chi connectivity index (χ4n) is 3.65. The zero-order valence-electron chi connectivity index (χ0n) is 13.4. The molecule has 0 amide bonds. The van der Waals surface area contributed by atoms with Crippen LogP contribution in [-0.2, 0) is 22.9 Å². The highest BCUT2D eigenvalue weighted by Gasteiger charge is 2.32. The molecule has 128 valence electrons. The Labute approximate surface area is 144 Å².